The van der Waals surface area contributed by atoms with E-state index in [1.165, 1.54) is 0 Å². The van der Waals surface area contributed by atoms with E-state index in [-0.39, 0.29) is 0 Å². The van der Waals surface area contributed by atoms with Crippen molar-refractivity contribution in [1.82, 2.24) is 4.98 Å². The van der Waals surface area contributed by atoms with Gasteiger partial charge in [0.1, 0.15) is 12.4 Å². The van der Waals surface area contributed by atoms with Crippen LogP contribution in [-0.2, 0) is 6.61 Å². The third-order valence-electron chi connectivity index (χ3n) is 3.16. The van der Waals surface area contributed by atoms with Crippen LogP contribution in [0.2, 0.25) is 0 Å². The van der Waals surface area contributed by atoms with Crippen LogP contribution in [0, 0.1) is 6.92 Å². The first-order chi connectivity index (χ1) is 10.2. The number of para-hydroxylation sites is 1. The third-order valence-corrected chi connectivity index (χ3v) is 3.93. The molecule has 0 aliphatic rings. The van der Waals surface area contributed by atoms with Crippen LogP contribution in [-0.4, -0.2) is 4.98 Å². The van der Waals surface area contributed by atoms with E-state index in [4.69, 9.17) is 10.5 Å². The quantitative estimate of drug-likeness (QED) is 0.731. The summed E-state index contributed by atoms with van der Waals surface area (Å²) in [6, 6.07) is 15.7. The van der Waals surface area contributed by atoms with Gasteiger partial charge in [-0.15, -0.1) is 11.3 Å². The molecule has 0 radical (unpaired) electrons. The van der Waals surface area contributed by atoms with Gasteiger partial charge >= 0.3 is 0 Å². The number of anilines is 1. The van der Waals surface area contributed by atoms with Crippen LogP contribution >= 0.6 is 11.3 Å². The van der Waals surface area contributed by atoms with E-state index in [2.05, 4.69) is 10.4 Å². The molecule has 0 bridgehead atoms. The molecule has 21 heavy (non-hydrogen) atoms. The Bertz CT molecular complexity index is 735. The molecule has 1 heterocycles. The number of ether oxygens (including phenoxy) is 1. The summed E-state index contributed by atoms with van der Waals surface area (Å²) in [6.07, 6.45) is 0. The Labute approximate surface area is 128 Å². The number of rotatable bonds is 4. The fourth-order valence-corrected chi connectivity index (χ4v) is 2.68. The lowest BCUT2D eigenvalue weighted by molar-refractivity contribution is 0.307. The van der Waals surface area contributed by atoms with Crippen molar-refractivity contribution in [3.63, 3.8) is 0 Å². The van der Waals surface area contributed by atoms with Gasteiger partial charge in [-0.05, 0) is 36.8 Å². The Kier molecular flexibility index (Phi) is 3.88. The van der Waals surface area contributed by atoms with Crippen molar-refractivity contribution in [2.24, 2.45) is 0 Å². The van der Waals surface area contributed by atoms with Gasteiger partial charge in [0, 0.05) is 16.6 Å². The molecule has 0 unspecified atom stereocenters. The van der Waals surface area contributed by atoms with Crippen LogP contribution in [0.25, 0.3) is 11.3 Å². The minimum Gasteiger partial charge on any atom is -0.488 e. The SMILES string of the molecule is Cc1nc(-c2ccccc2OCc2ccc(N)cc2)cs1. The molecule has 3 rings (SSSR count). The van der Waals surface area contributed by atoms with Crippen molar-refractivity contribution in [2.45, 2.75) is 13.5 Å². The number of benzene rings is 2. The summed E-state index contributed by atoms with van der Waals surface area (Å²) in [4.78, 5) is 4.53. The Morgan fingerprint density at radius 2 is 1.86 bits per heavy atom. The van der Waals surface area contributed by atoms with Crippen LogP contribution in [0.5, 0.6) is 5.75 Å². The molecule has 0 fully saturated rings. The van der Waals surface area contributed by atoms with Crippen molar-refractivity contribution in [2.75, 3.05) is 5.73 Å². The highest BCUT2D eigenvalue weighted by Crippen LogP contribution is 2.31. The molecule has 0 saturated carbocycles. The average Bonchev–Trinajstić information content (AvgIpc) is 2.93. The summed E-state index contributed by atoms with van der Waals surface area (Å²) >= 11 is 1.64. The fourth-order valence-electron chi connectivity index (χ4n) is 2.07. The lowest BCUT2D eigenvalue weighted by atomic mass is 10.1. The van der Waals surface area contributed by atoms with E-state index in [0.717, 1.165) is 33.3 Å². The first-order valence-corrected chi connectivity index (χ1v) is 7.59. The summed E-state index contributed by atoms with van der Waals surface area (Å²) in [5.41, 5.74) is 9.53. The average molecular weight is 296 g/mol. The predicted octanol–water partition coefficient (Wildman–Crippen LogP) is 4.28. The zero-order valence-electron chi connectivity index (χ0n) is 11.7. The van der Waals surface area contributed by atoms with Gasteiger partial charge in [0.2, 0.25) is 0 Å². The smallest absolute Gasteiger partial charge is 0.129 e. The number of aromatic nitrogens is 1. The van der Waals surface area contributed by atoms with Crippen molar-refractivity contribution >= 4 is 17.0 Å². The van der Waals surface area contributed by atoms with Crippen LogP contribution in [0.4, 0.5) is 5.69 Å². The van der Waals surface area contributed by atoms with Gasteiger partial charge < -0.3 is 10.5 Å². The molecule has 0 atom stereocenters. The van der Waals surface area contributed by atoms with E-state index in [1.54, 1.807) is 11.3 Å². The number of nitrogens with zero attached hydrogens (tertiary/aromatic N) is 1. The van der Waals surface area contributed by atoms with E-state index >= 15 is 0 Å². The van der Waals surface area contributed by atoms with E-state index in [9.17, 15) is 0 Å². The van der Waals surface area contributed by atoms with Crippen molar-refractivity contribution in [3.8, 4) is 17.0 Å². The molecule has 3 aromatic rings. The van der Waals surface area contributed by atoms with Gasteiger partial charge in [0.05, 0.1) is 10.7 Å². The number of hydrogen-bond donors (Lipinski definition) is 1. The number of thiazole rings is 1. The monoisotopic (exact) mass is 296 g/mol. The van der Waals surface area contributed by atoms with E-state index in [0.29, 0.717) is 6.61 Å². The minimum absolute atomic E-state index is 0.514. The second-order valence-corrected chi connectivity index (χ2v) is 5.84. The summed E-state index contributed by atoms with van der Waals surface area (Å²) in [6.45, 7) is 2.52. The highest BCUT2D eigenvalue weighted by atomic mass is 32.1. The third kappa shape index (κ3) is 3.23. The standard InChI is InChI=1S/C17H16N2OS/c1-12-19-16(11-21-12)15-4-2-3-5-17(15)20-10-13-6-8-14(18)9-7-13/h2-9,11H,10,18H2,1H3. The lowest BCUT2D eigenvalue weighted by Crippen LogP contribution is -1.97. The first-order valence-electron chi connectivity index (χ1n) is 6.71. The van der Waals surface area contributed by atoms with Gasteiger partial charge in [0.15, 0.2) is 0 Å². The Balaban J connectivity index is 1.81. The number of hydrogen-bond acceptors (Lipinski definition) is 4. The number of aryl methyl sites for hydroxylation is 1. The Hall–Kier alpha value is -2.33. The van der Waals surface area contributed by atoms with Crippen LogP contribution < -0.4 is 10.5 Å². The normalized spacial score (nSPS) is 10.5. The van der Waals surface area contributed by atoms with Gasteiger partial charge in [-0.25, -0.2) is 4.98 Å². The zero-order chi connectivity index (χ0) is 14.7. The summed E-state index contributed by atoms with van der Waals surface area (Å²) < 4.78 is 5.95. The first kappa shape index (κ1) is 13.6. The summed E-state index contributed by atoms with van der Waals surface area (Å²) in [5.74, 6) is 0.847. The zero-order valence-corrected chi connectivity index (χ0v) is 12.6. The maximum absolute atomic E-state index is 5.95. The van der Waals surface area contributed by atoms with Crippen molar-refractivity contribution in [1.29, 1.82) is 0 Å². The van der Waals surface area contributed by atoms with E-state index < -0.39 is 0 Å². The fraction of sp³-hybridized carbons (Fsp3) is 0.118. The van der Waals surface area contributed by atoms with Gasteiger partial charge in [0.25, 0.3) is 0 Å². The second-order valence-electron chi connectivity index (χ2n) is 4.78. The maximum atomic E-state index is 5.95. The molecule has 0 spiro atoms. The highest BCUT2D eigenvalue weighted by molar-refractivity contribution is 7.09. The maximum Gasteiger partial charge on any atom is 0.129 e. The van der Waals surface area contributed by atoms with Crippen molar-refractivity contribution < 1.29 is 4.74 Å². The molecule has 4 heteroatoms. The molecule has 0 aliphatic carbocycles. The topological polar surface area (TPSA) is 48.1 Å². The number of nitrogen functional groups attached to an aromatic ring is 1. The molecule has 1 aromatic heterocycles. The minimum atomic E-state index is 0.514. The van der Waals surface area contributed by atoms with Crippen LogP contribution in [0.3, 0.4) is 0 Å². The molecule has 2 N–H and O–H groups in total. The van der Waals surface area contributed by atoms with Crippen LogP contribution in [0.15, 0.2) is 53.9 Å². The second kappa shape index (κ2) is 5.97. The van der Waals surface area contributed by atoms with Gasteiger partial charge in [-0.3, -0.25) is 0 Å². The molecule has 0 aliphatic heterocycles. The molecule has 2 aromatic carbocycles. The molecule has 3 nitrogen and oxygen atoms in total. The molecular weight excluding hydrogens is 280 g/mol. The summed E-state index contributed by atoms with van der Waals surface area (Å²) in [5, 5.41) is 3.11. The Morgan fingerprint density at radius 1 is 1.10 bits per heavy atom. The Morgan fingerprint density at radius 3 is 2.57 bits per heavy atom. The molecular formula is C17H16N2OS. The predicted molar refractivity (Wildman–Crippen MR) is 87.5 cm³/mol. The lowest BCUT2D eigenvalue weighted by Gasteiger charge is -2.10. The molecule has 0 amide bonds. The van der Waals surface area contributed by atoms with Gasteiger partial charge in [-0.1, -0.05) is 24.3 Å². The largest absolute Gasteiger partial charge is 0.488 e. The van der Waals surface area contributed by atoms with Gasteiger partial charge in [-0.2, -0.15) is 0 Å². The number of nitrogens with two attached hydrogens (primary N) is 1. The summed E-state index contributed by atoms with van der Waals surface area (Å²) in [7, 11) is 0. The van der Waals surface area contributed by atoms with Crippen LogP contribution in [0.1, 0.15) is 10.6 Å². The molecule has 0 saturated heterocycles. The molecule has 106 valence electrons. The van der Waals surface area contributed by atoms with E-state index in [1.807, 2.05) is 55.5 Å². The highest BCUT2D eigenvalue weighted by Gasteiger charge is 2.08. The van der Waals surface area contributed by atoms with Crippen molar-refractivity contribution in [3.05, 3.63) is 64.5 Å².